The van der Waals surface area contributed by atoms with Crippen molar-refractivity contribution in [3.8, 4) is 0 Å². The van der Waals surface area contributed by atoms with Crippen LogP contribution >= 0.6 is 0 Å². The highest BCUT2D eigenvalue weighted by atomic mass is 15.2. The molecule has 0 saturated carbocycles. The number of aromatic amines is 1. The first-order chi connectivity index (χ1) is 7.34. The minimum absolute atomic E-state index is 0.800. The third-order valence-electron chi connectivity index (χ3n) is 2.81. The van der Waals surface area contributed by atoms with Crippen LogP contribution in [-0.2, 0) is 0 Å². The number of fused-ring (bicyclic) bond motifs is 1. The van der Waals surface area contributed by atoms with Gasteiger partial charge < -0.3 is 4.90 Å². The van der Waals surface area contributed by atoms with E-state index in [1.165, 1.54) is 12.8 Å². The molecule has 0 aromatic carbocycles. The average Bonchev–Trinajstić information content (AvgIpc) is 2.86. The van der Waals surface area contributed by atoms with Gasteiger partial charge in [0.05, 0.1) is 11.6 Å². The van der Waals surface area contributed by atoms with E-state index in [1.807, 2.05) is 13.1 Å². The molecule has 2 aromatic rings. The van der Waals surface area contributed by atoms with Gasteiger partial charge in [-0.25, -0.2) is 9.97 Å². The van der Waals surface area contributed by atoms with E-state index in [0.717, 1.165) is 35.8 Å². The second kappa shape index (κ2) is 3.18. The summed E-state index contributed by atoms with van der Waals surface area (Å²) in [5.74, 6) is 1.83. The van der Waals surface area contributed by atoms with Crippen LogP contribution in [0.2, 0.25) is 0 Å². The molecule has 1 N–H and O–H groups in total. The number of rotatable bonds is 1. The minimum Gasteiger partial charge on any atom is -0.356 e. The van der Waals surface area contributed by atoms with Crippen molar-refractivity contribution in [3.05, 3.63) is 12.0 Å². The molecule has 1 saturated heterocycles. The molecule has 0 unspecified atom stereocenters. The van der Waals surface area contributed by atoms with Crippen LogP contribution in [-0.4, -0.2) is 33.3 Å². The third-order valence-corrected chi connectivity index (χ3v) is 2.81. The summed E-state index contributed by atoms with van der Waals surface area (Å²) in [4.78, 5) is 11.1. The molecule has 78 valence electrons. The van der Waals surface area contributed by atoms with Crippen molar-refractivity contribution >= 4 is 16.9 Å². The van der Waals surface area contributed by atoms with Crippen molar-refractivity contribution in [1.29, 1.82) is 0 Å². The number of aryl methyl sites for hydroxylation is 1. The van der Waals surface area contributed by atoms with E-state index in [2.05, 4.69) is 25.1 Å². The zero-order chi connectivity index (χ0) is 10.3. The normalized spacial score (nSPS) is 16.5. The molecule has 2 aromatic heterocycles. The molecule has 0 aliphatic carbocycles. The number of hydrogen-bond acceptors (Lipinski definition) is 4. The molecule has 5 heteroatoms. The highest BCUT2D eigenvalue weighted by Crippen LogP contribution is 2.25. The molecular formula is C10H13N5. The van der Waals surface area contributed by atoms with Crippen molar-refractivity contribution < 1.29 is 0 Å². The van der Waals surface area contributed by atoms with E-state index >= 15 is 0 Å². The lowest BCUT2D eigenvalue weighted by molar-refractivity contribution is 0.924. The van der Waals surface area contributed by atoms with Crippen LogP contribution in [0.15, 0.2) is 6.20 Å². The summed E-state index contributed by atoms with van der Waals surface area (Å²) >= 11 is 0. The number of aromatic nitrogens is 4. The van der Waals surface area contributed by atoms with Crippen LogP contribution in [0.4, 0.5) is 5.82 Å². The van der Waals surface area contributed by atoms with E-state index in [9.17, 15) is 0 Å². The second-order valence-corrected chi connectivity index (χ2v) is 3.92. The van der Waals surface area contributed by atoms with Crippen LogP contribution in [0.5, 0.6) is 0 Å². The zero-order valence-electron chi connectivity index (χ0n) is 8.69. The second-order valence-electron chi connectivity index (χ2n) is 3.92. The number of nitrogens with zero attached hydrogens (tertiary/aromatic N) is 4. The van der Waals surface area contributed by atoms with Crippen molar-refractivity contribution in [2.45, 2.75) is 19.8 Å². The quantitative estimate of drug-likeness (QED) is 0.758. The Hall–Kier alpha value is -1.65. The Kier molecular flexibility index (Phi) is 1.83. The maximum absolute atomic E-state index is 4.51. The fourth-order valence-electron chi connectivity index (χ4n) is 2.10. The third kappa shape index (κ3) is 1.35. The van der Waals surface area contributed by atoms with Crippen LogP contribution in [0, 0.1) is 6.92 Å². The van der Waals surface area contributed by atoms with Crippen LogP contribution in [0.3, 0.4) is 0 Å². The first kappa shape index (κ1) is 8.64. The molecule has 0 radical (unpaired) electrons. The highest BCUT2D eigenvalue weighted by molar-refractivity contribution is 5.86. The van der Waals surface area contributed by atoms with Gasteiger partial charge in [-0.2, -0.15) is 5.10 Å². The fraction of sp³-hybridized carbons (Fsp3) is 0.500. The molecule has 1 aliphatic heterocycles. The number of H-pyrrole nitrogens is 1. The van der Waals surface area contributed by atoms with Gasteiger partial charge in [-0.1, -0.05) is 0 Å². The van der Waals surface area contributed by atoms with E-state index in [-0.39, 0.29) is 0 Å². The maximum atomic E-state index is 4.51. The molecule has 0 bridgehead atoms. The van der Waals surface area contributed by atoms with Gasteiger partial charge >= 0.3 is 0 Å². The van der Waals surface area contributed by atoms with Crippen LogP contribution < -0.4 is 4.90 Å². The molecule has 3 rings (SSSR count). The van der Waals surface area contributed by atoms with Gasteiger partial charge in [-0.3, -0.25) is 5.10 Å². The fourth-order valence-corrected chi connectivity index (χ4v) is 2.10. The van der Waals surface area contributed by atoms with Gasteiger partial charge in [0.15, 0.2) is 5.65 Å². The summed E-state index contributed by atoms with van der Waals surface area (Å²) in [6.45, 7) is 4.10. The average molecular weight is 203 g/mol. The Bertz CT molecular complexity index is 484. The number of hydrogen-bond donors (Lipinski definition) is 1. The smallest absolute Gasteiger partial charge is 0.161 e. The van der Waals surface area contributed by atoms with E-state index in [0.29, 0.717) is 0 Å². The summed E-state index contributed by atoms with van der Waals surface area (Å²) in [7, 11) is 0. The van der Waals surface area contributed by atoms with Gasteiger partial charge in [0.1, 0.15) is 11.6 Å². The summed E-state index contributed by atoms with van der Waals surface area (Å²) in [6, 6.07) is 0. The molecule has 15 heavy (non-hydrogen) atoms. The Morgan fingerprint density at radius 2 is 2.07 bits per heavy atom. The van der Waals surface area contributed by atoms with Gasteiger partial charge in [0, 0.05) is 13.1 Å². The van der Waals surface area contributed by atoms with Gasteiger partial charge in [0.25, 0.3) is 0 Å². The van der Waals surface area contributed by atoms with E-state index in [4.69, 9.17) is 0 Å². The lowest BCUT2D eigenvalue weighted by Crippen LogP contribution is -2.19. The number of nitrogens with one attached hydrogen (secondary N) is 1. The first-order valence-corrected chi connectivity index (χ1v) is 5.27. The Morgan fingerprint density at radius 3 is 2.87 bits per heavy atom. The Balaban J connectivity index is 2.18. The standard InChI is InChI=1S/C10H13N5/c1-7-12-9-8(6-11-14-9)10(13-7)15-4-2-3-5-15/h6H,2-5H2,1H3,(H,11,12,13,14). The maximum Gasteiger partial charge on any atom is 0.161 e. The van der Waals surface area contributed by atoms with Crippen molar-refractivity contribution in [3.63, 3.8) is 0 Å². The zero-order valence-corrected chi connectivity index (χ0v) is 8.69. The minimum atomic E-state index is 0.800. The van der Waals surface area contributed by atoms with E-state index < -0.39 is 0 Å². The Morgan fingerprint density at radius 1 is 1.27 bits per heavy atom. The van der Waals surface area contributed by atoms with Gasteiger partial charge in [-0.05, 0) is 19.8 Å². The van der Waals surface area contributed by atoms with Crippen molar-refractivity contribution in [2.75, 3.05) is 18.0 Å². The van der Waals surface area contributed by atoms with Crippen LogP contribution in [0.25, 0.3) is 11.0 Å². The monoisotopic (exact) mass is 203 g/mol. The lowest BCUT2D eigenvalue weighted by Gasteiger charge is -2.16. The summed E-state index contributed by atoms with van der Waals surface area (Å²) in [5.41, 5.74) is 0.837. The molecule has 3 heterocycles. The molecular weight excluding hydrogens is 190 g/mol. The van der Waals surface area contributed by atoms with E-state index in [1.54, 1.807) is 0 Å². The van der Waals surface area contributed by atoms with Crippen LogP contribution in [0.1, 0.15) is 18.7 Å². The molecule has 0 amide bonds. The Labute approximate surface area is 87.5 Å². The largest absolute Gasteiger partial charge is 0.356 e. The predicted molar refractivity (Wildman–Crippen MR) is 57.9 cm³/mol. The molecule has 1 aliphatic rings. The molecule has 5 nitrogen and oxygen atoms in total. The SMILES string of the molecule is Cc1nc(N2CCCC2)c2cn[nH]c2n1. The summed E-state index contributed by atoms with van der Waals surface area (Å²) < 4.78 is 0. The molecule has 1 fully saturated rings. The topological polar surface area (TPSA) is 57.7 Å². The summed E-state index contributed by atoms with van der Waals surface area (Å²) in [6.07, 6.45) is 4.31. The molecule has 0 atom stereocenters. The number of anilines is 1. The highest BCUT2D eigenvalue weighted by Gasteiger charge is 2.17. The molecule has 0 spiro atoms. The van der Waals surface area contributed by atoms with Gasteiger partial charge in [0.2, 0.25) is 0 Å². The van der Waals surface area contributed by atoms with Crippen molar-refractivity contribution in [2.24, 2.45) is 0 Å². The first-order valence-electron chi connectivity index (χ1n) is 5.27. The van der Waals surface area contributed by atoms with Crippen molar-refractivity contribution in [1.82, 2.24) is 20.2 Å². The summed E-state index contributed by atoms with van der Waals surface area (Å²) in [5, 5.41) is 7.95. The van der Waals surface area contributed by atoms with Gasteiger partial charge in [-0.15, -0.1) is 0 Å². The predicted octanol–water partition coefficient (Wildman–Crippen LogP) is 1.26. The lowest BCUT2D eigenvalue weighted by atomic mass is 10.3.